The lowest BCUT2D eigenvalue weighted by Crippen LogP contribution is -2.10. The first-order valence-corrected chi connectivity index (χ1v) is 13.5. The van der Waals surface area contributed by atoms with Crippen molar-refractivity contribution >= 4 is 70.9 Å². The molecular formula is C34H22ClNS. The maximum absolute atomic E-state index is 6.48. The Hall–Kier alpha value is -4.11. The third-order valence-corrected chi connectivity index (χ3v) is 8.34. The molecule has 0 aliphatic rings. The molecule has 0 amide bonds. The smallest absolute Gasteiger partial charge is 0.0640 e. The van der Waals surface area contributed by atoms with Gasteiger partial charge in [0, 0.05) is 31.9 Å². The first-order valence-electron chi connectivity index (χ1n) is 12.3. The molecule has 7 rings (SSSR count). The van der Waals surface area contributed by atoms with Gasteiger partial charge in [0.1, 0.15) is 0 Å². The fourth-order valence-electron chi connectivity index (χ4n) is 5.12. The number of hydrogen-bond donors (Lipinski definition) is 0. The van der Waals surface area contributed by atoms with Crippen molar-refractivity contribution in [3.63, 3.8) is 0 Å². The third kappa shape index (κ3) is 3.95. The van der Waals surface area contributed by atoms with E-state index in [-0.39, 0.29) is 0 Å². The first kappa shape index (κ1) is 22.1. The van der Waals surface area contributed by atoms with Gasteiger partial charge in [0.25, 0.3) is 0 Å². The molecule has 0 unspecified atom stereocenters. The molecule has 0 radical (unpaired) electrons. The van der Waals surface area contributed by atoms with Crippen LogP contribution in [0, 0.1) is 0 Å². The van der Waals surface area contributed by atoms with Crippen molar-refractivity contribution in [2.24, 2.45) is 0 Å². The molecule has 0 saturated heterocycles. The van der Waals surface area contributed by atoms with Crippen molar-refractivity contribution in [3.05, 3.63) is 138 Å². The molecule has 0 spiro atoms. The van der Waals surface area contributed by atoms with Crippen LogP contribution in [0.4, 0.5) is 17.1 Å². The molecule has 37 heavy (non-hydrogen) atoms. The van der Waals surface area contributed by atoms with Crippen LogP contribution in [0.25, 0.3) is 42.1 Å². The molecule has 0 fully saturated rings. The standard InChI is InChI=1S/C34H22ClNS/c35-27-9-5-10-29(22-27)36(32-13-6-12-31-30-11-3-4-14-33(30)37-34(31)32)28-19-17-24(18-20-28)26-16-15-23-7-1-2-8-25(23)21-26/h1-22H. The van der Waals surface area contributed by atoms with Gasteiger partial charge in [0.15, 0.2) is 0 Å². The summed E-state index contributed by atoms with van der Waals surface area (Å²) in [5, 5.41) is 5.80. The summed E-state index contributed by atoms with van der Waals surface area (Å²) < 4.78 is 2.56. The number of anilines is 3. The Labute approximate surface area is 224 Å². The molecular weight excluding hydrogens is 490 g/mol. The number of nitrogens with zero attached hydrogens (tertiary/aromatic N) is 1. The van der Waals surface area contributed by atoms with Gasteiger partial charge in [0.05, 0.1) is 10.4 Å². The Bertz CT molecular complexity index is 1900. The molecule has 0 aliphatic carbocycles. The molecule has 7 aromatic rings. The molecule has 0 aliphatic heterocycles. The summed E-state index contributed by atoms with van der Waals surface area (Å²) >= 11 is 8.31. The van der Waals surface area contributed by atoms with E-state index < -0.39 is 0 Å². The normalized spacial score (nSPS) is 11.4. The second-order valence-corrected chi connectivity index (χ2v) is 10.7. The van der Waals surface area contributed by atoms with Crippen molar-refractivity contribution in [1.29, 1.82) is 0 Å². The van der Waals surface area contributed by atoms with E-state index in [1.807, 2.05) is 29.5 Å². The zero-order valence-corrected chi connectivity index (χ0v) is 21.5. The Balaban J connectivity index is 1.38. The lowest BCUT2D eigenvalue weighted by molar-refractivity contribution is 1.30. The van der Waals surface area contributed by atoms with Gasteiger partial charge in [-0.1, -0.05) is 96.5 Å². The number of thiophene rings is 1. The minimum Gasteiger partial charge on any atom is -0.309 e. The van der Waals surface area contributed by atoms with Crippen LogP contribution in [0.1, 0.15) is 0 Å². The molecule has 176 valence electrons. The minimum atomic E-state index is 0.721. The minimum absolute atomic E-state index is 0.721. The van der Waals surface area contributed by atoms with Gasteiger partial charge in [-0.15, -0.1) is 11.3 Å². The maximum Gasteiger partial charge on any atom is 0.0640 e. The van der Waals surface area contributed by atoms with Gasteiger partial charge in [0.2, 0.25) is 0 Å². The van der Waals surface area contributed by atoms with Gasteiger partial charge in [-0.25, -0.2) is 0 Å². The zero-order valence-electron chi connectivity index (χ0n) is 19.9. The van der Waals surface area contributed by atoms with Crippen LogP contribution in [0.3, 0.4) is 0 Å². The maximum atomic E-state index is 6.48. The van der Waals surface area contributed by atoms with E-state index in [0.717, 1.165) is 22.1 Å². The lowest BCUT2D eigenvalue weighted by Gasteiger charge is -2.26. The third-order valence-electron chi connectivity index (χ3n) is 6.90. The Kier molecular flexibility index (Phi) is 5.43. The van der Waals surface area contributed by atoms with Crippen LogP contribution in [-0.4, -0.2) is 0 Å². The summed E-state index contributed by atoms with van der Waals surface area (Å²) in [7, 11) is 0. The monoisotopic (exact) mass is 511 g/mol. The number of benzene rings is 6. The van der Waals surface area contributed by atoms with Crippen LogP contribution >= 0.6 is 22.9 Å². The van der Waals surface area contributed by atoms with Crippen LogP contribution in [0.5, 0.6) is 0 Å². The highest BCUT2D eigenvalue weighted by Gasteiger charge is 2.18. The second-order valence-electron chi connectivity index (χ2n) is 9.18. The van der Waals surface area contributed by atoms with Crippen molar-refractivity contribution in [1.82, 2.24) is 0 Å². The van der Waals surface area contributed by atoms with Crippen molar-refractivity contribution in [2.75, 3.05) is 4.90 Å². The summed E-state index contributed by atoms with van der Waals surface area (Å²) in [4.78, 5) is 2.31. The van der Waals surface area contributed by atoms with E-state index in [9.17, 15) is 0 Å². The highest BCUT2D eigenvalue weighted by atomic mass is 35.5. The number of hydrogen-bond acceptors (Lipinski definition) is 2. The fraction of sp³-hybridized carbons (Fsp3) is 0. The van der Waals surface area contributed by atoms with Gasteiger partial charge in [-0.05, 0) is 70.4 Å². The van der Waals surface area contributed by atoms with Gasteiger partial charge >= 0.3 is 0 Å². The average Bonchev–Trinajstić information content (AvgIpc) is 3.33. The van der Waals surface area contributed by atoms with Gasteiger partial charge in [-0.2, -0.15) is 0 Å². The van der Waals surface area contributed by atoms with Crippen LogP contribution in [0.15, 0.2) is 133 Å². The van der Waals surface area contributed by atoms with Crippen LogP contribution in [-0.2, 0) is 0 Å². The van der Waals surface area contributed by atoms with Crippen LogP contribution < -0.4 is 4.90 Å². The molecule has 1 aromatic heterocycles. The number of rotatable bonds is 4. The van der Waals surface area contributed by atoms with Crippen molar-refractivity contribution in [2.45, 2.75) is 0 Å². The quantitative estimate of drug-likeness (QED) is 0.227. The largest absolute Gasteiger partial charge is 0.309 e. The number of fused-ring (bicyclic) bond motifs is 4. The highest BCUT2D eigenvalue weighted by molar-refractivity contribution is 7.26. The fourth-order valence-corrected chi connectivity index (χ4v) is 6.51. The molecule has 1 nitrogen and oxygen atoms in total. The predicted octanol–water partition coefficient (Wildman–Crippen LogP) is 11.0. The topological polar surface area (TPSA) is 3.24 Å². The van der Waals surface area contributed by atoms with Gasteiger partial charge in [-0.3, -0.25) is 0 Å². The molecule has 6 aromatic carbocycles. The van der Waals surface area contributed by atoms with E-state index in [4.69, 9.17) is 11.6 Å². The average molecular weight is 512 g/mol. The van der Waals surface area contributed by atoms with E-state index >= 15 is 0 Å². The molecule has 0 atom stereocenters. The molecule has 0 saturated carbocycles. The van der Waals surface area contributed by atoms with E-state index in [1.54, 1.807) is 0 Å². The molecule has 3 heteroatoms. The summed E-state index contributed by atoms with van der Waals surface area (Å²) in [6, 6.07) is 47.3. The molecule has 0 N–H and O–H groups in total. The number of halogens is 1. The van der Waals surface area contributed by atoms with Crippen molar-refractivity contribution in [3.8, 4) is 11.1 Å². The van der Waals surface area contributed by atoms with Crippen LogP contribution in [0.2, 0.25) is 5.02 Å². The zero-order chi connectivity index (χ0) is 24.8. The SMILES string of the molecule is Clc1cccc(N(c2ccc(-c3ccc4ccccc4c3)cc2)c2cccc3c2sc2ccccc23)c1. The summed E-state index contributed by atoms with van der Waals surface area (Å²) in [6.45, 7) is 0. The van der Waals surface area contributed by atoms with Crippen molar-refractivity contribution < 1.29 is 0 Å². The summed E-state index contributed by atoms with van der Waals surface area (Å²) in [5.74, 6) is 0. The molecule has 1 heterocycles. The summed E-state index contributed by atoms with van der Waals surface area (Å²) in [5.41, 5.74) is 5.69. The predicted molar refractivity (Wildman–Crippen MR) is 162 cm³/mol. The Morgan fingerprint density at radius 3 is 2.11 bits per heavy atom. The highest BCUT2D eigenvalue weighted by Crippen LogP contribution is 2.45. The Morgan fingerprint density at radius 1 is 0.514 bits per heavy atom. The van der Waals surface area contributed by atoms with E-state index in [1.165, 1.54) is 42.1 Å². The van der Waals surface area contributed by atoms with E-state index in [2.05, 4.69) is 120 Å². The Morgan fingerprint density at radius 2 is 1.24 bits per heavy atom. The second kappa shape index (κ2) is 9.08. The molecule has 0 bridgehead atoms. The van der Waals surface area contributed by atoms with E-state index in [0.29, 0.717) is 0 Å². The van der Waals surface area contributed by atoms with Gasteiger partial charge < -0.3 is 4.90 Å². The lowest BCUT2D eigenvalue weighted by atomic mass is 10.0. The summed E-state index contributed by atoms with van der Waals surface area (Å²) in [6.07, 6.45) is 0. The first-order chi connectivity index (χ1) is 18.2.